The number of amides is 1. The molecule has 3 heterocycles. The van der Waals surface area contributed by atoms with Gasteiger partial charge in [-0.1, -0.05) is 47.2 Å². The number of carbonyl (C=O) groups is 1. The van der Waals surface area contributed by atoms with E-state index < -0.39 is 10.0 Å². The van der Waals surface area contributed by atoms with Crippen molar-refractivity contribution in [1.29, 1.82) is 0 Å². The third-order valence-corrected chi connectivity index (χ3v) is 10.2. The summed E-state index contributed by atoms with van der Waals surface area (Å²) in [5.41, 5.74) is 3.65. The molecule has 190 valence electrons. The first-order valence-electron chi connectivity index (χ1n) is 12.2. The minimum Gasteiger partial charge on any atom is -0.345 e. The molecular weight excluding hydrogens is 528 g/mol. The van der Waals surface area contributed by atoms with E-state index in [2.05, 4.69) is 11.0 Å². The monoisotopic (exact) mass is 552 g/mol. The number of carbonyl (C=O) groups excluding carboxylic acids is 1. The molecular formula is C27H25ClN4O3S2. The Balaban J connectivity index is 1.11. The maximum Gasteiger partial charge on any atom is 0.253 e. The molecule has 7 nitrogen and oxygen atoms in total. The van der Waals surface area contributed by atoms with Crippen molar-refractivity contribution in [3.8, 4) is 0 Å². The Bertz CT molecular complexity index is 1580. The molecule has 0 unspecified atom stereocenters. The molecule has 37 heavy (non-hydrogen) atoms. The molecule has 0 N–H and O–H groups in total. The van der Waals surface area contributed by atoms with Crippen LogP contribution in [0.25, 0.3) is 10.2 Å². The van der Waals surface area contributed by atoms with Crippen LogP contribution in [-0.2, 0) is 23.0 Å². The second kappa shape index (κ2) is 9.72. The van der Waals surface area contributed by atoms with E-state index in [4.69, 9.17) is 16.6 Å². The molecule has 2 aliphatic heterocycles. The highest BCUT2D eigenvalue weighted by Crippen LogP contribution is 2.31. The highest BCUT2D eigenvalue weighted by Gasteiger charge is 2.29. The zero-order valence-electron chi connectivity index (χ0n) is 20.0. The van der Waals surface area contributed by atoms with Gasteiger partial charge in [0.1, 0.15) is 0 Å². The van der Waals surface area contributed by atoms with Gasteiger partial charge in [0.2, 0.25) is 10.0 Å². The van der Waals surface area contributed by atoms with Crippen LogP contribution in [0.1, 0.15) is 21.5 Å². The molecule has 0 radical (unpaired) electrons. The number of hydrogen-bond donors (Lipinski definition) is 0. The molecule has 2 aliphatic rings. The zero-order chi connectivity index (χ0) is 25.6. The number of sulfonamides is 1. The van der Waals surface area contributed by atoms with Crippen molar-refractivity contribution in [1.82, 2.24) is 14.2 Å². The van der Waals surface area contributed by atoms with E-state index in [-0.39, 0.29) is 10.8 Å². The van der Waals surface area contributed by atoms with Crippen molar-refractivity contribution in [3.63, 3.8) is 0 Å². The summed E-state index contributed by atoms with van der Waals surface area (Å²) in [7, 11) is -3.64. The summed E-state index contributed by atoms with van der Waals surface area (Å²) in [6.07, 6.45) is 0.697. The van der Waals surface area contributed by atoms with Crippen LogP contribution in [0.5, 0.6) is 0 Å². The number of nitrogens with zero attached hydrogens (tertiary/aromatic N) is 4. The summed E-state index contributed by atoms with van der Waals surface area (Å²) in [6.45, 7) is 3.33. The van der Waals surface area contributed by atoms with Gasteiger partial charge in [0.15, 0.2) is 5.13 Å². The second-order valence-corrected chi connectivity index (χ2v) is 12.7. The van der Waals surface area contributed by atoms with Crippen molar-refractivity contribution in [2.75, 3.05) is 37.6 Å². The predicted octanol–water partition coefficient (Wildman–Crippen LogP) is 4.66. The first-order valence-corrected chi connectivity index (χ1v) is 14.8. The Morgan fingerprint density at radius 1 is 0.892 bits per heavy atom. The molecule has 0 bridgehead atoms. The maximum atomic E-state index is 13.2. The van der Waals surface area contributed by atoms with Crippen molar-refractivity contribution in [2.45, 2.75) is 17.9 Å². The van der Waals surface area contributed by atoms with E-state index in [1.165, 1.54) is 9.87 Å². The molecule has 6 rings (SSSR count). The van der Waals surface area contributed by atoms with Crippen molar-refractivity contribution < 1.29 is 13.2 Å². The predicted molar refractivity (Wildman–Crippen MR) is 147 cm³/mol. The number of rotatable bonds is 4. The molecule has 0 spiro atoms. The summed E-state index contributed by atoms with van der Waals surface area (Å²) in [4.78, 5) is 22.1. The summed E-state index contributed by atoms with van der Waals surface area (Å²) in [6, 6.07) is 20.0. The molecule has 0 saturated carbocycles. The van der Waals surface area contributed by atoms with Crippen LogP contribution in [0.4, 0.5) is 5.13 Å². The molecule has 0 atom stereocenters. The average Bonchev–Trinajstić information content (AvgIpc) is 3.36. The fraction of sp³-hybridized carbons (Fsp3) is 0.259. The lowest BCUT2D eigenvalue weighted by Gasteiger charge is -2.34. The number of anilines is 1. The lowest BCUT2D eigenvalue weighted by molar-refractivity contribution is 0.0746. The van der Waals surface area contributed by atoms with E-state index in [9.17, 15) is 13.2 Å². The molecule has 1 fully saturated rings. The third kappa shape index (κ3) is 4.72. The number of halogens is 1. The lowest BCUT2D eigenvalue weighted by atomic mass is 10.0. The van der Waals surface area contributed by atoms with E-state index in [0.717, 1.165) is 20.9 Å². The Morgan fingerprint density at radius 3 is 2.38 bits per heavy atom. The largest absolute Gasteiger partial charge is 0.345 e. The molecule has 1 amide bonds. The highest BCUT2D eigenvalue weighted by atomic mass is 35.5. The summed E-state index contributed by atoms with van der Waals surface area (Å²) < 4.78 is 29.1. The minimum absolute atomic E-state index is 0.0911. The van der Waals surface area contributed by atoms with E-state index in [1.807, 2.05) is 41.3 Å². The SMILES string of the molecule is O=C(c1ccc(S(=O)(=O)N2CCc3ccccc3C2)cc1)N1CCN(c2nc3ccc(Cl)cc3s2)CC1. The van der Waals surface area contributed by atoms with Gasteiger partial charge >= 0.3 is 0 Å². The van der Waals surface area contributed by atoms with Crippen LogP contribution < -0.4 is 4.90 Å². The molecule has 0 aliphatic carbocycles. The van der Waals surface area contributed by atoms with Gasteiger partial charge < -0.3 is 9.80 Å². The Morgan fingerprint density at radius 2 is 1.62 bits per heavy atom. The van der Waals surface area contributed by atoms with Crippen LogP contribution in [0, 0.1) is 0 Å². The standard InChI is InChI=1S/C27H25ClN4O3S2/c28-22-7-10-24-25(17-22)36-27(29-24)31-15-13-30(14-16-31)26(33)20-5-8-23(9-6-20)37(34,35)32-12-11-19-3-1-2-4-21(19)18-32/h1-10,17H,11-16,18H2. The lowest BCUT2D eigenvalue weighted by Crippen LogP contribution is -2.48. The average molecular weight is 553 g/mol. The van der Waals surface area contributed by atoms with Crippen LogP contribution in [-0.4, -0.2) is 61.2 Å². The first-order chi connectivity index (χ1) is 17.9. The number of benzene rings is 3. The second-order valence-electron chi connectivity index (χ2n) is 9.27. The normalized spacial score (nSPS) is 16.7. The van der Waals surface area contributed by atoms with Gasteiger partial charge in [-0.3, -0.25) is 4.79 Å². The van der Waals surface area contributed by atoms with Crippen molar-refractivity contribution in [2.24, 2.45) is 0 Å². The minimum atomic E-state index is -3.64. The maximum absolute atomic E-state index is 13.2. The first kappa shape index (κ1) is 24.4. The number of aromatic nitrogens is 1. The third-order valence-electron chi connectivity index (χ3n) is 7.01. The van der Waals surface area contributed by atoms with E-state index in [1.54, 1.807) is 35.6 Å². The number of hydrogen-bond acceptors (Lipinski definition) is 6. The Labute approximate surface area is 225 Å². The van der Waals surface area contributed by atoms with Gasteiger partial charge in [0, 0.05) is 49.9 Å². The molecule has 10 heteroatoms. The van der Waals surface area contributed by atoms with Crippen LogP contribution in [0.2, 0.25) is 5.02 Å². The molecule has 1 saturated heterocycles. The zero-order valence-corrected chi connectivity index (χ0v) is 22.4. The van der Waals surface area contributed by atoms with Gasteiger partial charge in [-0.15, -0.1) is 0 Å². The Hall–Kier alpha value is -2.98. The quantitative estimate of drug-likeness (QED) is 0.368. The van der Waals surface area contributed by atoms with Crippen molar-refractivity contribution in [3.05, 3.63) is 88.4 Å². The number of thiazole rings is 1. The summed E-state index contributed by atoms with van der Waals surface area (Å²) >= 11 is 7.71. The number of piperazine rings is 1. The van der Waals surface area contributed by atoms with Crippen molar-refractivity contribution >= 4 is 54.2 Å². The van der Waals surface area contributed by atoms with Gasteiger partial charge in [-0.05, 0) is 60.0 Å². The van der Waals surface area contributed by atoms with Gasteiger partial charge in [-0.2, -0.15) is 4.31 Å². The molecule has 3 aromatic carbocycles. The van der Waals surface area contributed by atoms with E-state index >= 15 is 0 Å². The van der Waals surface area contributed by atoms with Crippen LogP contribution in [0.3, 0.4) is 0 Å². The van der Waals surface area contributed by atoms with Gasteiger partial charge in [-0.25, -0.2) is 13.4 Å². The fourth-order valence-electron chi connectivity index (χ4n) is 4.90. The van der Waals surface area contributed by atoms with Gasteiger partial charge in [0.25, 0.3) is 5.91 Å². The molecule has 1 aromatic heterocycles. The Kier molecular flexibility index (Phi) is 6.40. The number of fused-ring (bicyclic) bond motifs is 2. The topological polar surface area (TPSA) is 73.8 Å². The smallest absolute Gasteiger partial charge is 0.253 e. The summed E-state index contributed by atoms with van der Waals surface area (Å²) in [5.74, 6) is -0.0911. The molecule has 4 aromatic rings. The highest BCUT2D eigenvalue weighted by molar-refractivity contribution is 7.89. The summed E-state index contributed by atoms with van der Waals surface area (Å²) in [5, 5.41) is 1.62. The van der Waals surface area contributed by atoms with Crippen LogP contribution in [0.15, 0.2) is 71.6 Å². The fourth-order valence-corrected chi connectivity index (χ4v) is 7.61. The van der Waals surface area contributed by atoms with Crippen LogP contribution >= 0.6 is 22.9 Å². The van der Waals surface area contributed by atoms with Gasteiger partial charge in [0.05, 0.1) is 15.1 Å². The van der Waals surface area contributed by atoms with E-state index in [0.29, 0.717) is 56.3 Å².